The Hall–Kier alpha value is -3.84. The Balaban J connectivity index is 0.000000386. The Morgan fingerprint density at radius 3 is 2.72 bits per heavy atom. The first-order valence-electron chi connectivity index (χ1n) is 19.0. The van der Waals surface area contributed by atoms with E-state index in [1.165, 1.54) is 22.4 Å². The lowest BCUT2D eigenvalue weighted by molar-refractivity contribution is -0.135. The van der Waals surface area contributed by atoms with Crippen LogP contribution in [0.1, 0.15) is 78.7 Å². The maximum Gasteiger partial charge on any atom is 0.264 e. The third kappa shape index (κ3) is 7.54. The molecule has 0 unspecified atom stereocenters. The summed E-state index contributed by atoms with van der Waals surface area (Å²) < 4.78 is 41.3. The molecule has 2 aliphatic carbocycles. The van der Waals surface area contributed by atoms with Crippen LogP contribution in [-0.4, -0.2) is 74.8 Å². The first-order valence-corrected chi connectivity index (χ1v) is 20.9. The number of allylic oxidation sites excluding steroid dienone is 1. The van der Waals surface area contributed by atoms with Crippen molar-refractivity contribution in [2.24, 2.45) is 17.8 Å². The van der Waals surface area contributed by atoms with Crippen LogP contribution in [0.15, 0.2) is 61.1 Å². The lowest BCUT2D eigenvalue weighted by atomic mass is 9.64. The van der Waals surface area contributed by atoms with Crippen molar-refractivity contribution in [2.75, 3.05) is 38.3 Å². The van der Waals surface area contributed by atoms with E-state index < -0.39 is 26.8 Å². The van der Waals surface area contributed by atoms with Crippen LogP contribution in [0.4, 0.5) is 5.69 Å². The Bertz CT molecular complexity index is 2000. The number of aromatic nitrogens is 2. The molecule has 2 bridgehead atoms. The number of hydrogen-bond acceptors (Lipinski definition) is 10. The van der Waals surface area contributed by atoms with Crippen LogP contribution in [-0.2, 0) is 44.4 Å². The van der Waals surface area contributed by atoms with Gasteiger partial charge in [-0.3, -0.25) is 9.59 Å². The number of halogens is 1. The molecule has 8 rings (SSSR count). The monoisotopic (exact) mass is 775 g/mol. The highest BCUT2D eigenvalue weighted by Crippen LogP contribution is 2.48. The summed E-state index contributed by atoms with van der Waals surface area (Å²) in [5.41, 5.74) is 4.50. The quantitative estimate of drug-likeness (QED) is 0.250. The molecule has 1 amide bonds. The van der Waals surface area contributed by atoms with Gasteiger partial charge in [0.05, 0.1) is 17.5 Å². The van der Waals surface area contributed by atoms with E-state index >= 15 is 0 Å². The Labute approximate surface area is 323 Å². The highest BCUT2D eigenvalue weighted by molar-refractivity contribution is 7.90. The molecule has 1 aromatic heterocycles. The molecule has 1 saturated carbocycles. The molecule has 0 saturated heterocycles. The summed E-state index contributed by atoms with van der Waals surface area (Å²) in [6, 6.07) is 11.3. The first kappa shape index (κ1) is 38.4. The molecule has 1 fully saturated rings. The van der Waals surface area contributed by atoms with Gasteiger partial charge in [0.25, 0.3) is 5.91 Å². The average Bonchev–Trinajstić information content (AvgIpc) is 3.32. The van der Waals surface area contributed by atoms with Gasteiger partial charge in [0.1, 0.15) is 17.7 Å². The molecule has 2 N–H and O–H groups in total. The smallest absolute Gasteiger partial charge is 0.264 e. The van der Waals surface area contributed by atoms with E-state index in [-0.39, 0.29) is 28.7 Å². The van der Waals surface area contributed by atoms with Gasteiger partial charge in [-0.15, -0.1) is 0 Å². The number of carbonyl (C=O) groups excluding carboxylic acids is 2. The lowest BCUT2D eigenvalue weighted by Gasteiger charge is -2.48. The summed E-state index contributed by atoms with van der Waals surface area (Å²) >= 11 is 6.40. The predicted molar refractivity (Wildman–Crippen MR) is 208 cm³/mol. The molecule has 288 valence electrons. The number of ether oxygens (including phenoxy) is 2. The Morgan fingerprint density at radius 2 is 1.96 bits per heavy atom. The second-order valence-electron chi connectivity index (χ2n) is 15.6. The zero-order valence-electron chi connectivity index (χ0n) is 31.2. The first-order chi connectivity index (χ1) is 26.0. The summed E-state index contributed by atoms with van der Waals surface area (Å²) in [5.74, 6) is -0.203. The lowest BCUT2D eigenvalue weighted by Crippen LogP contribution is -2.53. The molecular formula is C41H50ClN5O6S. The number of benzene rings is 2. The minimum atomic E-state index is -3.97. The number of carbonyl (C=O) groups is 2. The van der Waals surface area contributed by atoms with Gasteiger partial charge in [0, 0.05) is 79.1 Å². The molecule has 3 aliphatic heterocycles. The molecule has 3 aromatic rings. The summed E-state index contributed by atoms with van der Waals surface area (Å²) in [6.07, 6.45) is 14.2. The van der Waals surface area contributed by atoms with Crippen LogP contribution in [0.5, 0.6) is 5.75 Å². The molecule has 6 atom stereocenters. The van der Waals surface area contributed by atoms with Gasteiger partial charge in [0.2, 0.25) is 10.0 Å². The van der Waals surface area contributed by atoms with E-state index in [0.717, 1.165) is 63.6 Å². The molecule has 4 heterocycles. The van der Waals surface area contributed by atoms with E-state index in [2.05, 4.69) is 37.0 Å². The number of rotatable bonds is 2. The van der Waals surface area contributed by atoms with Crippen molar-refractivity contribution in [3.05, 3.63) is 94.0 Å². The summed E-state index contributed by atoms with van der Waals surface area (Å²) in [7, 11) is -2.41. The number of hydrogen-bond donors (Lipinski definition) is 2. The maximum absolute atomic E-state index is 13.4. The SMILES string of the molecule is CO[C@]1(C=O)/C=C/C[C@H](C)[C@@H](C)S(=O)(=O)NC(=O)c2ccc3c(c2)N(C[C@@H]2CC[C@H]21)C[C@@]1(CCCc2cc(Cl)ccc21)CO3.c1ncc2c(n1)CCNC2. The van der Waals surface area contributed by atoms with Crippen molar-refractivity contribution in [2.45, 2.75) is 81.6 Å². The van der Waals surface area contributed by atoms with Gasteiger partial charge >= 0.3 is 0 Å². The van der Waals surface area contributed by atoms with E-state index in [9.17, 15) is 18.0 Å². The van der Waals surface area contributed by atoms with Gasteiger partial charge in [-0.2, -0.15) is 0 Å². The zero-order valence-corrected chi connectivity index (χ0v) is 32.8. The van der Waals surface area contributed by atoms with Crippen molar-refractivity contribution in [1.29, 1.82) is 0 Å². The van der Waals surface area contributed by atoms with E-state index in [0.29, 0.717) is 36.9 Å². The fourth-order valence-electron chi connectivity index (χ4n) is 8.87. The van der Waals surface area contributed by atoms with Crippen molar-refractivity contribution in [1.82, 2.24) is 20.0 Å². The standard InChI is InChI=1S/C34H41ClN2O6S.C7H9N3/c1-22-6-4-15-34(20-38,42-3)29-11-8-26(29)18-37-19-33(14-5-7-24-16-27(35)10-12-28(24)33)21-43-31-13-9-25(17-30(31)37)32(39)36-44(40,41)23(22)2;1-2-8-3-6-4-9-5-10-7(1)6/h4,9-10,12-13,15-17,20,22-23,26,29H,5-8,11,14,18-19,21H2,1-3H3,(H,36,39);4-5,8H,1-3H2/b15-4+;/t22-,23+,26-,29+,33-,34-;/m0./s1. The van der Waals surface area contributed by atoms with E-state index in [4.69, 9.17) is 21.1 Å². The van der Waals surface area contributed by atoms with Crippen LogP contribution in [0, 0.1) is 17.8 Å². The van der Waals surface area contributed by atoms with Gasteiger partial charge < -0.3 is 19.7 Å². The fourth-order valence-corrected chi connectivity index (χ4v) is 10.3. The fraction of sp³-hybridized carbons (Fsp3) is 0.512. The van der Waals surface area contributed by atoms with Gasteiger partial charge in [-0.25, -0.2) is 23.1 Å². The summed E-state index contributed by atoms with van der Waals surface area (Å²) in [6.45, 7) is 7.15. The van der Waals surface area contributed by atoms with Crippen LogP contribution >= 0.6 is 11.6 Å². The van der Waals surface area contributed by atoms with Crippen LogP contribution in [0.2, 0.25) is 5.02 Å². The Morgan fingerprint density at radius 1 is 1.11 bits per heavy atom. The highest BCUT2D eigenvalue weighted by Gasteiger charge is 2.49. The number of aryl methyl sites for hydroxylation is 1. The molecule has 54 heavy (non-hydrogen) atoms. The molecule has 1 spiro atoms. The van der Waals surface area contributed by atoms with Crippen LogP contribution in [0.25, 0.3) is 0 Å². The number of amides is 1. The van der Waals surface area contributed by atoms with Crippen molar-refractivity contribution < 1.29 is 27.5 Å². The van der Waals surface area contributed by atoms with Crippen molar-refractivity contribution in [3.8, 4) is 5.75 Å². The minimum Gasteiger partial charge on any atom is -0.490 e. The largest absolute Gasteiger partial charge is 0.490 e. The van der Waals surface area contributed by atoms with E-state index in [1.54, 1.807) is 38.6 Å². The number of nitrogens with one attached hydrogen (secondary N) is 2. The van der Waals surface area contributed by atoms with Gasteiger partial charge in [0.15, 0.2) is 6.29 Å². The number of anilines is 1. The third-order valence-corrected chi connectivity index (χ3v) is 14.6. The number of sulfonamides is 1. The number of fused-ring (bicyclic) bond motifs is 5. The van der Waals surface area contributed by atoms with Crippen LogP contribution < -0.4 is 19.7 Å². The zero-order chi connectivity index (χ0) is 38.1. The number of nitrogens with zero attached hydrogens (tertiary/aromatic N) is 3. The molecule has 0 radical (unpaired) electrons. The molecule has 13 heteroatoms. The highest BCUT2D eigenvalue weighted by atomic mass is 35.5. The molecule has 2 aromatic carbocycles. The molecule has 11 nitrogen and oxygen atoms in total. The maximum atomic E-state index is 13.4. The topological polar surface area (TPSA) is 140 Å². The van der Waals surface area contributed by atoms with Gasteiger partial charge in [-0.05, 0) is 105 Å². The second-order valence-corrected chi connectivity index (χ2v) is 18.1. The second kappa shape index (κ2) is 15.7. The van der Waals surface area contributed by atoms with Crippen molar-refractivity contribution in [3.63, 3.8) is 0 Å². The molecule has 5 aliphatic rings. The average molecular weight is 776 g/mol. The summed E-state index contributed by atoms with van der Waals surface area (Å²) in [4.78, 5) is 36.5. The normalized spacial score (nSPS) is 30.7. The predicted octanol–water partition coefficient (Wildman–Crippen LogP) is 5.59. The van der Waals surface area contributed by atoms with Crippen molar-refractivity contribution >= 4 is 39.5 Å². The van der Waals surface area contributed by atoms with E-state index in [1.807, 2.05) is 31.3 Å². The van der Waals surface area contributed by atoms with Gasteiger partial charge in [-0.1, -0.05) is 30.7 Å². The number of aldehydes is 1. The van der Waals surface area contributed by atoms with Crippen LogP contribution in [0.3, 0.4) is 0 Å². The number of methoxy groups -OCH3 is 1. The molecular weight excluding hydrogens is 726 g/mol. The minimum absolute atomic E-state index is 0.0434. The third-order valence-electron chi connectivity index (χ3n) is 12.4. The Kier molecular flexibility index (Phi) is 11.2. The summed E-state index contributed by atoms with van der Waals surface area (Å²) in [5, 5.41) is 3.14.